The van der Waals surface area contributed by atoms with E-state index in [-0.39, 0.29) is 17.5 Å². The summed E-state index contributed by atoms with van der Waals surface area (Å²) in [7, 11) is 0. The normalized spacial score (nSPS) is 27.2. The molecule has 2 saturated heterocycles. The average molecular weight is 267 g/mol. The second-order valence-electron chi connectivity index (χ2n) is 6.94. The number of carbonyl (C=O) groups is 1. The first kappa shape index (κ1) is 14.8. The topological polar surface area (TPSA) is 44.4 Å². The third-order valence-corrected chi connectivity index (χ3v) is 4.42. The van der Waals surface area contributed by atoms with Gasteiger partial charge in [-0.3, -0.25) is 9.69 Å². The van der Waals surface area contributed by atoms with Crippen molar-refractivity contribution in [2.75, 3.05) is 19.6 Å². The van der Waals surface area contributed by atoms with E-state index in [2.05, 4.69) is 36.3 Å². The fraction of sp³-hybridized carbons (Fsp3) is 0.933. The van der Waals surface area contributed by atoms with Gasteiger partial charge >= 0.3 is 0 Å². The summed E-state index contributed by atoms with van der Waals surface area (Å²) in [4.78, 5) is 14.7. The molecule has 19 heavy (non-hydrogen) atoms. The number of hydrogen-bond acceptors (Lipinski definition) is 3. The predicted octanol–water partition coefficient (Wildman–Crippen LogP) is 1.51. The lowest BCUT2D eigenvalue weighted by Crippen LogP contribution is -2.54. The van der Waals surface area contributed by atoms with Crippen molar-refractivity contribution in [1.29, 1.82) is 0 Å². The molecule has 0 spiro atoms. The molecule has 0 unspecified atom stereocenters. The van der Waals surface area contributed by atoms with Gasteiger partial charge in [0, 0.05) is 24.7 Å². The molecule has 0 aromatic carbocycles. The second kappa shape index (κ2) is 6.23. The molecule has 0 aromatic rings. The second-order valence-corrected chi connectivity index (χ2v) is 6.94. The molecule has 1 atom stereocenters. The maximum Gasteiger partial charge on any atom is 0.237 e. The van der Waals surface area contributed by atoms with Crippen LogP contribution in [-0.2, 0) is 4.79 Å². The Balaban J connectivity index is 1.74. The Bertz CT molecular complexity index is 297. The van der Waals surface area contributed by atoms with Gasteiger partial charge in [0.25, 0.3) is 0 Å². The molecule has 2 heterocycles. The van der Waals surface area contributed by atoms with Gasteiger partial charge in [0.05, 0.1) is 6.04 Å². The molecule has 2 rings (SSSR count). The van der Waals surface area contributed by atoms with E-state index in [1.807, 2.05) is 0 Å². The zero-order valence-electron chi connectivity index (χ0n) is 12.7. The Labute approximate surface area is 117 Å². The van der Waals surface area contributed by atoms with Crippen molar-refractivity contribution in [3.05, 3.63) is 0 Å². The SMILES string of the molecule is CC(C)(C)N1CCC(NC(=O)[C@@H]2CCCCN2)CC1. The molecule has 2 aliphatic heterocycles. The van der Waals surface area contributed by atoms with Crippen molar-refractivity contribution in [1.82, 2.24) is 15.5 Å². The molecule has 4 nitrogen and oxygen atoms in total. The van der Waals surface area contributed by atoms with E-state index in [0.717, 1.165) is 38.9 Å². The number of piperidine rings is 2. The van der Waals surface area contributed by atoms with Crippen LogP contribution < -0.4 is 10.6 Å². The van der Waals surface area contributed by atoms with Gasteiger partial charge in [0.1, 0.15) is 0 Å². The molecule has 4 heteroatoms. The lowest BCUT2D eigenvalue weighted by atomic mass is 9.97. The molecule has 2 N–H and O–H groups in total. The highest BCUT2D eigenvalue weighted by Gasteiger charge is 2.29. The van der Waals surface area contributed by atoms with Crippen LogP contribution in [0.15, 0.2) is 0 Å². The quantitative estimate of drug-likeness (QED) is 0.797. The summed E-state index contributed by atoms with van der Waals surface area (Å²) in [6.45, 7) is 9.95. The number of rotatable bonds is 2. The molecule has 0 bridgehead atoms. The van der Waals surface area contributed by atoms with Crippen LogP contribution in [0.1, 0.15) is 52.9 Å². The van der Waals surface area contributed by atoms with Crippen molar-refractivity contribution >= 4 is 5.91 Å². The van der Waals surface area contributed by atoms with E-state index >= 15 is 0 Å². The Morgan fingerprint density at radius 2 is 1.84 bits per heavy atom. The van der Waals surface area contributed by atoms with E-state index in [1.165, 1.54) is 12.8 Å². The predicted molar refractivity (Wildman–Crippen MR) is 78.1 cm³/mol. The molecule has 0 aromatic heterocycles. The van der Waals surface area contributed by atoms with Gasteiger partial charge in [0.15, 0.2) is 0 Å². The highest BCUT2D eigenvalue weighted by Crippen LogP contribution is 2.20. The summed E-state index contributed by atoms with van der Waals surface area (Å²) >= 11 is 0. The van der Waals surface area contributed by atoms with Crippen LogP contribution in [0.5, 0.6) is 0 Å². The summed E-state index contributed by atoms with van der Waals surface area (Å²) < 4.78 is 0. The standard InChI is InChI=1S/C15H29N3O/c1-15(2,3)18-10-7-12(8-11-18)17-14(19)13-6-4-5-9-16-13/h12-13,16H,4-11H2,1-3H3,(H,17,19)/t13-/m0/s1. The minimum Gasteiger partial charge on any atom is -0.352 e. The number of carbonyl (C=O) groups excluding carboxylic acids is 1. The Morgan fingerprint density at radius 3 is 2.37 bits per heavy atom. The van der Waals surface area contributed by atoms with Gasteiger partial charge in [-0.05, 0) is 53.0 Å². The smallest absolute Gasteiger partial charge is 0.237 e. The highest BCUT2D eigenvalue weighted by molar-refractivity contribution is 5.82. The summed E-state index contributed by atoms with van der Waals surface area (Å²) in [5.74, 6) is 0.217. The molecule has 2 aliphatic rings. The first-order valence-corrected chi connectivity index (χ1v) is 7.75. The third-order valence-electron chi connectivity index (χ3n) is 4.42. The van der Waals surface area contributed by atoms with Crippen LogP contribution in [0.3, 0.4) is 0 Å². The van der Waals surface area contributed by atoms with Gasteiger partial charge < -0.3 is 10.6 Å². The fourth-order valence-electron chi connectivity index (χ4n) is 3.07. The summed E-state index contributed by atoms with van der Waals surface area (Å²) in [6.07, 6.45) is 5.53. The lowest BCUT2D eigenvalue weighted by molar-refractivity contribution is -0.124. The Hall–Kier alpha value is -0.610. The zero-order valence-corrected chi connectivity index (χ0v) is 12.7. The minimum atomic E-state index is 0.0504. The van der Waals surface area contributed by atoms with Crippen LogP contribution in [-0.4, -0.2) is 48.1 Å². The summed E-state index contributed by atoms with van der Waals surface area (Å²) in [5, 5.41) is 6.55. The monoisotopic (exact) mass is 267 g/mol. The van der Waals surface area contributed by atoms with Crippen molar-refractivity contribution in [3.63, 3.8) is 0 Å². The number of hydrogen-bond donors (Lipinski definition) is 2. The van der Waals surface area contributed by atoms with E-state index in [9.17, 15) is 4.79 Å². The largest absolute Gasteiger partial charge is 0.352 e. The summed E-state index contributed by atoms with van der Waals surface area (Å²) in [6, 6.07) is 0.421. The number of nitrogens with zero attached hydrogens (tertiary/aromatic N) is 1. The van der Waals surface area contributed by atoms with Crippen LogP contribution in [0, 0.1) is 0 Å². The third kappa shape index (κ3) is 4.18. The highest BCUT2D eigenvalue weighted by atomic mass is 16.2. The average Bonchev–Trinajstić information content (AvgIpc) is 2.39. The molecule has 110 valence electrons. The summed E-state index contributed by atoms with van der Waals surface area (Å²) in [5.41, 5.74) is 0.250. The molecule has 0 aliphatic carbocycles. The maximum absolute atomic E-state index is 12.2. The minimum absolute atomic E-state index is 0.0504. The van der Waals surface area contributed by atoms with Crippen LogP contribution in [0.25, 0.3) is 0 Å². The van der Waals surface area contributed by atoms with Crippen molar-refractivity contribution in [2.24, 2.45) is 0 Å². The first-order valence-electron chi connectivity index (χ1n) is 7.75. The number of nitrogens with one attached hydrogen (secondary N) is 2. The Morgan fingerprint density at radius 1 is 1.16 bits per heavy atom. The fourth-order valence-corrected chi connectivity index (χ4v) is 3.07. The van der Waals surface area contributed by atoms with E-state index < -0.39 is 0 Å². The van der Waals surface area contributed by atoms with E-state index in [1.54, 1.807) is 0 Å². The maximum atomic E-state index is 12.2. The molecule has 0 saturated carbocycles. The van der Waals surface area contributed by atoms with Gasteiger partial charge in [-0.15, -0.1) is 0 Å². The van der Waals surface area contributed by atoms with Gasteiger partial charge in [-0.25, -0.2) is 0 Å². The van der Waals surface area contributed by atoms with E-state index in [4.69, 9.17) is 0 Å². The number of likely N-dealkylation sites (tertiary alicyclic amines) is 1. The van der Waals surface area contributed by atoms with Crippen LogP contribution >= 0.6 is 0 Å². The van der Waals surface area contributed by atoms with Crippen LogP contribution in [0.2, 0.25) is 0 Å². The number of amides is 1. The molecule has 0 radical (unpaired) electrons. The molecular formula is C15H29N3O. The lowest BCUT2D eigenvalue weighted by Gasteiger charge is -2.41. The van der Waals surface area contributed by atoms with Crippen molar-refractivity contribution in [3.8, 4) is 0 Å². The van der Waals surface area contributed by atoms with Gasteiger partial charge in [-0.1, -0.05) is 6.42 Å². The van der Waals surface area contributed by atoms with Crippen LogP contribution in [0.4, 0.5) is 0 Å². The molecular weight excluding hydrogens is 238 g/mol. The van der Waals surface area contributed by atoms with E-state index in [0.29, 0.717) is 6.04 Å². The molecule has 2 fully saturated rings. The van der Waals surface area contributed by atoms with Gasteiger partial charge in [0.2, 0.25) is 5.91 Å². The van der Waals surface area contributed by atoms with Crippen molar-refractivity contribution < 1.29 is 4.79 Å². The Kier molecular flexibility index (Phi) is 4.85. The van der Waals surface area contributed by atoms with Gasteiger partial charge in [-0.2, -0.15) is 0 Å². The molecule has 1 amide bonds. The van der Waals surface area contributed by atoms with Crippen molar-refractivity contribution in [2.45, 2.75) is 70.5 Å². The zero-order chi connectivity index (χ0) is 13.9. The first-order chi connectivity index (χ1) is 8.97.